The maximum absolute atomic E-state index is 12.3. The first-order valence-electron chi connectivity index (χ1n) is 6.25. The van der Waals surface area contributed by atoms with Crippen LogP contribution in [0.1, 0.15) is 26.3 Å². The first kappa shape index (κ1) is 16.1. The highest BCUT2D eigenvalue weighted by molar-refractivity contribution is 9.10. The molecule has 0 heterocycles. The molecule has 0 saturated carbocycles. The largest absolute Gasteiger partial charge is 0.380 e. The second-order valence-electron chi connectivity index (χ2n) is 4.81. The van der Waals surface area contributed by atoms with E-state index in [4.69, 9.17) is 4.74 Å². The smallest absolute Gasteiger partial charge is 0.244 e. The van der Waals surface area contributed by atoms with E-state index in [0.717, 1.165) is 22.3 Å². The summed E-state index contributed by atoms with van der Waals surface area (Å²) in [6, 6.07) is 5.69. The summed E-state index contributed by atoms with van der Waals surface area (Å²) in [5.74, 6) is -0.0650. The Balaban J connectivity index is 2.93. The molecule has 1 aromatic rings. The van der Waals surface area contributed by atoms with E-state index in [1.807, 2.05) is 39.0 Å². The average molecular weight is 329 g/mol. The minimum atomic E-state index is -0.610. The van der Waals surface area contributed by atoms with Crippen molar-refractivity contribution in [3.8, 4) is 0 Å². The Hall–Kier alpha value is -0.910. The molecule has 0 aliphatic heterocycles. The molecule has 1 amide bonds. The fourth-order valence-electron chi connectivity index (χ4n) is 1.77. The number of ether oxygens (including phenoxy) is 1. The van der Waals surface area contributed by atoms with Gasteiger partial charge in [0.1, 0.15) is 0 Å². The summed E-state index contributed by atoms with van der Waals surface area (Å²) in [7, 11) is 1.63. The van der Waals surface area contributed by atoms with Gasteiger partial charge in [0.2, 0.25) is 5.91 Å². The summed E-state index contributed by atoms with van der Waals surface area (Å²) in [6.45, 7) is 6.88. The number of likely N-dealkylation sites (N-methyl/N-ethyl adjacent to an activating group) is 1. The average Bonchev–Trinajstić information content (AvgIpc) is 2.33. The molecular weight excluding hydrogens is 308 g/mol. The zero-order valence-corrected chi connectivity index (χ0v) is 13.4. The number of anilines is 1. The molecule has 106 valence electrons. The molecule has 0 aliphatic rings. The maximum atomic E-state index is 12.3. The van der Waals surface area contributed by atoms with Crippen LogP contribution < -0.4 is 10.6 Å². The van der Waals surface area contributed by atoms with Gasteiger partial charge in [-0.15, -0.1) is 0 Å². The van der Waals surface area contributed by atoms with Crippen molar-refractivity contribution in [3.05, 3.63) is 28.2 Å². The van der Waals surface area contributed by atoms with Crippen LogP contribution in [0, 0.1) is 0 Å². The third-order valence-corrected chi connectivity index (χ3v) is 3.59. The Morgan fingerprint density at radius 2 is 2.11 bits per heavy atom. The summed E-state index contributed by atoms with van der Waals surface area (Å²) >= 11 is 3.47. The number of nitrogens with one attached hydrogen (secondary N) is 2. The predicted octanol–water partition coefficient (Wildman–Crippen LogP) is 2.92. The summed E-state index contributed by atoms with van der Waals surface area (Å²) in [4.78, 5) is 12.3. The molecule has 5 heteroatoms. The molecule has 0 saturated heterocycles. The van der Waals surface area contributed by atoms with Crippen LogP contribution in [-0.4, -0.2) is 25.1 Å². The van der Waals surface area contributed by atoms with E-state index >= 15 is 0 Å². The molecule has 1 rings (SSSR count). The number of halogens is 1. The molecule has 19 heavy (non-hydrogen) atoms. The van der Waals surface area contributed by atoms with Crippen molar-refractivity contribution in [2.75, 3.05) is 19.0 Å². The van der Waals surface area contributed by atoms with Gasteiger partial charge in [-0.2, -0.15) is 0 Å². The van der Waals surface area contributed by atoms with Crippen LogP contribution >= 0.6 is 15.9 Å². The number of methoxy groups -OCH3 is 1. The minimum Gasteiger partial charge on any atom is -0.380 e. The second-order valence-corrected chi connectivity index (χ2v) is 5.66. The summed E-state index contributed by atoms with van der Waals surface area (Å²) in [5.41, 5.74) is 1.10. The molecule has 1 aromatic carbocycles. The highest BCUT2D eigenvalue weighted by atomic mass is 79.9. The van der Waals surface area contributed by atoms with Gasteiger partial charge in [0.15, 0.2) is 0 Å². The molecule has 0 spiro atoms. The summed E-state index contributed by atoms with van der Waals surface area (Å²) < 4.78 is 6.09. The van der Waals surface area contributed by atoms with Crippen LogP contribution in [0.15, 0.2) is 22.7 Å². The van der Waals surface area contributed by atoms with E-state index in [9.17, 15) is 4.79 Å². The van der Waals surface area contributed by atoms with Gasteiger partial charge in [-0.3, -0.25) is 4.79 Å². The van der Waals surface area contributed by atoms with E-state index in [-0.39, 0.29) is 5.91 Å². The lowest BCUT2D eigenvalue weighted by atomic mass is 10.0. The van der Waals surface area contributed by atoms with Crippen LogP contribution in [0.3, 0.4) is 0 Å². The Morgan fingerprint density at radius 1 is 1.42 bits per heavy atom. The van der Waals surface area contributed by atoms with Crippen LogP contribution in [0.25, 0.3) is 0 Å². The maximum Gasteiger partial charge on any atom is 0.244 e. The normalized spacial score (nSPS) is 11.4. The molecule has 0 aliphatic carbocycles. The third kappa shape index (κ3) is 4.30. The first-order chi connectivity index (χ1) is 8.92. The van der Waals surface area contributed by atoms with Crippen molar-refractivity contribution in [3.63, 3.8) is 0 Å². The van der Waals surface area contributed by atoms with Gasteiger partial charge in [0.05, 0.1) is 12.1 Å². The number of hydrogen-bond acceptors (Lipinski definition) is 3. The van der Waals surface area contributed by atoms with Crippen molar-refractivity contribution < 1.29 is 9.53 Å². The topological polar surface area (TPSA) is 50.4 Å². The van der Waals surface area contributed by atoms with E-state index in [1.54, 1.807) is 7.11 Å². The third-order valence-electron chi connectivity index (χ3n) is 2.84. The van der Waals surface area contributed by atoms with Gasteiger partial charge in [-0.1, -0.05) is 28.9 Å². The van der Waals surface area contributed by atoms with Crippen LogP contribution in [0.2, 0.25) is 0 Å². The predicted molar refractivity (Wildman–Crippen MR) is 81.2 cm³/mol. The molecule has 0 fully saturated rings. The Labute approximate surface area is 123 Å². The van der Waals surface area contributed by atoms with Gasteiger partial charge in [0.25, 0.3) is 0 Å². The van der Waals surface area contributed by atoms with Crippen molar-refractivity contribution in [1.82, 2.24) is 5.32 Å². The number of carbonyl (C=O) groups is 1. The van der Waals surface area contributed by atoms with Crippen LogP contribution in [0.5, 0.6) is 0 Å². The Kier molecular flexibility index (Phi) is 5.97. The minimum absolute atomic E-state index is 0.0650. The second kappa shape index (κ2) is 7.03. The lowest BCUT2D eigenvalue weighted by Gasteiger charge is -2.25. The number of amides is 1. The van der Waals surface area contributed by atoms with E-state index in [1.165, 1.54) is 0 Å². The van der Waals surface area contributed by atoms with Crippen molar-refractivity contribution in [2.45, 2.75) is 32.9 Å². The van der Waals surface area contributed by atoms with E-state index in [2.05, 4.69) is 26.6 Å². The lowest BCUT2D eigenvalue weighted by molar-refractivity contribution is -0.121. The van der Waals surface area contributed by atoms with Crippen molar-refractivity contribution >= 4 is 27.5 Å². The molecule has 2 N–H and O–H groups in total. The van der Waals surface area contributed by atoms with Gasteiger partial charge < -0.3 is 15.4 Å². The molecular formula is C14H21BrN2O2. The molecule has 0 radical (unpaired) electrons. The quantitative estimate of drug-likeness (QED) is 0.844. The molecule has 0 aromatic heterocycles. The van der Waals surface area contributed by atoms with Crippen molar-refractivity contribution in [1.29, 1.82) is 0 Å². The van der Waals surface area contributed by atoms with Gasteiger partial charge in [-0.25, -0.2) is 0 Å². The zero-order chi connectivity index (χ0) is 14.5. The van der Waals surface area contributed by atoms with Gasteiger partial charge >= 0.3 is 0 Å². The zero-order valence-electron chi connectivity index (χ0n) is 11.8. The highest BCUT2D eigenvalue weighted by Crippen LogP contribution is 2.26. The SMILES string of the molecule is CCNC(C)(C)C(=O)Nc1cccc(Br)c1COC. The van der Waals surface area contributed by atoms with E-state index < -0.39 is 5.54 Å². The fourth-order valence-corrected chi connectivity index (χ4v) is 2.25. The fraction of sp³-hybridized carbons (Fsp3) is 0.500. The molecule has 0 unspecified atom stereocenters. The monoisotopic (exact) mass is 328 g/mol. The Bertz CT molecular complexity index is 447. The number of carbonyl (C=O) groups excluding carboxylic acids is 1. The molecule has 0 atom stereocenters. The number of hydrogen-bond donors (Lipinski definition) is 2. The van der Waals surface area contributed by atoms with Crippen LogP contribution in [-0.2, 0) is 16.1 Å². The molecule has 0 bridgehead atoms. The summed E-state index contributed by atoms with van der Waals surface area (Å²) in [6.07, 6.45) is 0. The van der Waals surface area contributed by atoms with Gasteiger partial charge in [-0.05, 0) is 32.5 Å². The van der Waals surface area contributed by atoms with E-state index in [0.29, 0.717) is 6.61 Å². The number of benzene rings is 1. The van der Waals surface area contributed by atoms with Crippen LogP contribution in [0.4, 0.5) is 5.69 Å². The number of rotatable bonds is 6. The van der Waals surface area contributed by atoms with Crippen molar-refractivity contribution in [2.24, 2.45) is 0 Å². The molecule has 4 nitrogen and oxygen atoms in total. The van der Waals surface area contributed by atoms with Gasteiger partial charge in [0, 0.05) is 22.8 Å². The summed E-state index contributed by atoms with van der Waals surface area (Å²) in [5, 5.41) is 6.10. The first-order valence-corrected chi connectivity index (χ1v) is 7.04. The Morgan fingerprint density at radius 3 is 2.68 bits per heavy atom. The highest BCUT2D eigenvalue weighted by Gasteiger charge is 2.26. The lowest BCUT2D eigenvalue weighted by Crippen LogP contribution is -2.49. The standard InChI is InChI=1S/C14H21BrN2O2/c1-5-16-14(2,3)13(18)17-12-8-6-7-11(15)10(12)9-19-4/h6-8,16H,5,9H2,1-4H3,(H,17,18).